The maximum atomic E-state index is 12.7. The molecule has 0 saturated heterocycles. The lowest BCUT2D eigenvalue weighted by molar-refractivity contribution is -0.274. The summed E-state index contributed by atoms with van der Waals surface area (Å²) in [5, 5.41) is 3.28. The van der Waals surface area contributed by atoms with E-state index in [4.69, 9.17) is 4.74 Å². The molecule has 10 heteroatoms. The number of alkyl halides is 3. The van der Waals surface area contributed by atoms with E-state index in [2.05, 4.69) is 25.0 Å². The van der Waals surface area contributed by atoms with E-state index < -0.39 is 6.36 Å². The summed E-state index contributed by atoms with van der Waals surface area (Å²) in [5.74, 6) is 1.15. The number of fused-ring (bicyclic) bond motifs is 1. The van der Waals surface area contributed by atoms with Crippen molar-refractivity contribution in [2.45, 2.75) is 32.8 Å². The predicted molar refractivity (Wildman–Crippen MR) is 118 cm³/mol. The van der Waals surface area contributed by atoms with Gasteiger partial charge in [-0.25, -0.2) is 15.0 Å². The van der Waals surface area contributed by atoms with Gasteiger partial charge < -0.3 is 19.4 Å². The fraction of sp³-hybridized carbons (Fsp3) is 0.261. The second-order valence-electron chi connectivity index (χ2n) is 7.59. The summed E-state index contributed by atoms with van der Waals surface area (Å²) >= 11 is 0. The number of anilines is 1. The molecule has 0 spiro atoms. The standard InChI is InChI=1S/C23H22F3N5O2/c1-14(2)31-13-28-19-21(27-12-15-7-9-17(32-3)10-8-15)29-20(30-22(19)31)16-5-4-6-18(11-16)33-23(24,25)26/h4-11,13-14H,12H2,1-3H3,(H,27,29,30). The minimum absolute atomic E-state index is 0.0760. The van der Waals surface area contributed by atoms with Gasteiger partial charge in [0.1, 0.15) is 17.0 Å². The lowest BCUT2D eigenvalue weighted by Crippen LogP contribution is -2.17. The summed E-state index contributed by atoms with van der Waals surface area (Å²) in [6.07, 6.45) is -3.11. The zero-order chi connectivity index (χ0) is 23.6. The van der Waals surface area contributed by atoms with Crippen molar-refractivity contribution in [2.24, 2.45) is 0 Å². The largest absolute Gasteiger partial charge is 0.573 e. The molecule has 2 aromatic carbocycles. The average Bonchev–Trinajstić information content (AvgIpc) is 3.21. The molecule has 2 heterocycles. The Morgan fingerprint density at radius 2 is 1.79 bits per heavy atom. The van der Waals surface area contributed by atoms with Crippen molar-refractivity contribution in [1.29, 1.82) is 0 Å². The van der Waals surface area contributed by atoms with Crippen LogP contribution < -0.4 is 14.8 Å². The minimum atomic E-state index is -4.79. The second kappa shape index (κ2) is 8.97. The van der Waals surface area contributed by atoms with E-state index in [9.17, 15) is 13.2 Å². The molecule has 2 aromatic heterocycles. The smallest absolute Gasteiger partial charge is 0.497 e. The number of imidazole rings is 1. The molecule has 4 rings (SSSR count). The van der Waals surface area contributed by atoms with E-state index in [1.54, 1.807) is 19.5 Å². The third-order valence-electron chi connectivity index (χ3n) is 4.92. The van der Waals surface area contributed by atoms with Gasteiger partial charge in [-0.15, -0.1) is 13.2 Å². The summed E-state index contributed by atoms with van der Waals surface area (Å²) in [6, 6.07) is 13.2. The van der Waals surface area contributed by atoms with Gasteiger partial charge in [0.25, 0.3) is 0 Å². The van der Waals surface area contributed by atoms with Crippen LogP contribution in [0.2, 0.25) is 0 Å². The van der Waals surface area contributed by atoms with Gasteiger partial charge in [0.15, 0.2) is 17.3 Å². The van der Waals surface area contributed by atoms with Crippen LogP contribution in [-0.2, 0) is 6.54 Å². The van der Waals surface area contributed by atoms with Crippen LogP contribution in [0.4, 0.5) is 19.0 Å². The first-order chi connectivity index (χ1) is 15.7. The van der Waals surface area contributed by atoms with Crippen molar-refractivity contribution in [3.8, 4) is 22.9 Å². The molecule has 4 aromatic rings. The van der Waals surface area contributed by atoms with Crippen LogP contribution >= 0.6 is 0 Å². The van der Waals surface area contributed by atoms with Gasteiger partial charge in [0.2, 0.25) is 0 Å². The molecule has 0 radical (unpaired) electrons. The molecule has 0 bridgehead atoms. The molecule has 0 aliphatic carbocycles. The van der Waals surface area contributed by atoms with Gasteiger partial charge in [-0.3, -0.25) is 0 Å². The number of rotatable bonds is 7. The summed E-state index contributed by atoms with van der Waals surface area (Å²) in [6.45, 7) is 4.44. The lowest BCUT2D eigenvalue weighted by atomic mass is 10.2. The Morgan fingerprint density at radius 3 is 2.45 bits per heavy atom. The second-order valence-corrected chi connectivity index (χ2v) is 7.59. The van der Waals surface area contributed by atoms with Gasteiger partial charge in [-0.2, -0.15) is 0 Å². The first-order valence-electron chi connectivity index (χ1n) is 10.2. The molecular formula is C23H22F3N5O2. The molecule has 0 aliphatic heterocycles. The molecule has 0 amide bonds. The molecule has 0 saturated carbocycles. The third kappa shape index (κ3) is 5.16. The zero-order valence-electron chi connectivity index (χ0n) is 18.2. The highest BCUT2D eigenvalue weighted by molar-refractivity contribution is 5.85. The van der Waals surface area contributed by atoms with E-state index in [1.807, 2.05) is 42.7 Å². The van der Waals surface area contributed by atoms with Crippen LogP contribution in [0.3, 0.4) is 0 Å². The number of aromatic nitrogens is 4. The van der Waals surface area contributed by atoms with E-state index in [0.717, 1.165) is 11.3 Å². The van der Waals surface area contributed by atoms with Crippen molar-refractivity contribution in [3.63, 3.8) is 0 Å². The summed E-state index contributed by atoms with van der Waals surface area (Å²) < 4.78 is 49.1. The topological polar surface area (TPSA) is 74.1 Å². The average molecular weight is 457 g/mol. The highest BCUT2D eigenvalue weighted by atomic mass is 19.4. The van der Waals surface area contributed by atoms with Crippen molar-refractivity contribution in [2.75, 3.05) is 12.4 Å². The number of halogens is 3. The van der Waals surface area contributed by atoms with E-state index in [0.29, 0.717) is 29.1 Å². The maximum absolute atomic E-state index is 12.7. The predicted octanol–water partition coefficient (Wildman–Crippen LogP) is 5.59. The fourth-order valence-electron chi connectivity index (χ4n) is 3.31. The Balaban J connectivity index is 1.73. The van der Waals surface area contributed by atoms with Gasteiger partial charge in [-0.05, 0) is 43.7 Å². The number of benzene rings is 2. The van der Waals surface area contributed by atoms with Crippen molar-refractivity contribution < 1.29 is 22.6 Å². The molecule has 33 heavy (non-hydrogen) atoms. The fourth-order valence-corrected chi connectivity index (χ4v) is 3.31. The van der Waals surface area contributed by atoms with Crippen LogP contribution in [-0.4, -0.2) is 33.0 Å². The Kier molecular flexibility index (Phi) is 6.08. The monoisotopic (exact) mass is 457 g/mol. The number of ether oxygens (including phenoxy) is 2. The molecule has 172 valence electrons. The minimum Gasteiger partial charge on any atom is -0.497 e. The van der Waals surface area contributed by atoms with E-state index in [-0.39, 0.29) is 17.6 Å². The Hall–Kier alpha value is -3.82. The number of methoxy groups -OCH3 is 1. The van der Waals surface area contributed by atoms with Gasteiger partial charge in [0, 0.05) is 18.2 Å². The highest BCUT2D eigenvalue weighted by Gasteiger charge is 2.31. The number of nitrogens with one attached hydrogen (secondary N) is 1. The summed E-state index contributed by atoms with van der Waals surface area (Å²) in [4.78, 5) is 13.6. The molecule has 0 fully saturated rings. The lowest BCUT2D eigenvalue weighted by Gasteiger charge is -2.13. The van der Waals surface area contributed by atoms with Crippen molar-refractivity contribution >= 4 is 17.0 Å². The zero-order valence-corrected chi connectivity index (χ0v) is 18.2. The summed E-state index contributed by atoms with van der Waals surface area (Å²) in [7, 11) is 1.60. The molecule has 0 aliphatic rings. The number of hydrogen-bond donors (Lipinski definition) is 1. The van der Waals surface area contributed by atoms with E-state index in [1.165, 1.54) is 18.2 Å². The van der Waals surface area contributed by atoms with Crippen LogP contribution in [0.5, 0.6) is 11.5 Å². The van der Waals surface area contributed by atoms with Gasteiger partial charge >= 0.3 is 6.36 Å². The number of hydrogen-bond acceptors (Lipinski definition) is 6. The van der Waals surface area contributed by atoms with Crippen LogP contribution in [0, 0.1) is 0 Å². The van der Waals surface area contributed by atoms with Crippen molar-refractivity contribution in [1.82, 2.24) is 19.5 Å². The Morgan fingerprint density at radius 1 is 1.03 bits per heavy atom. The highest BCUT2D eigenvalue weighted by Crippen LogP contribution is 2.30. The normalized spacial score (nSPS) is 11.7. The van der Waals surface area contributed by atoms with Crippen molar-refractivity contribution in [3.05, 3.63) is 60.4 Å². The van der Waals surface area contributed by atoms with Gasteiger partial charge in [-0.1, -0.05) is 24.3 Å². The van der Waals surface area contributed by atoms with Crippen LogP contribution in [0.15, 0.2) is 54.9 Å². The van der Waals surface area contributed by atoms with Crippen LogP contribution in [0.1, 0.15) is 25.5 Å². The molecule has 0 atom stereocenters. The van der Waals surface area contributed by atoms with E-state index >= 15 is 0 Å². The number of nitrogens with zero attached hydrogens (tertiary/aromatic N) is 4. The Labute approximate surface area is 188 Å². The quantitative estimate of drug-likeness (QED) is 0.390. The maximum Gasteiger partial charge on any atom is 0.573 e. The van der Waals surface area contributed by atoms with Crippen LogP contribution in [0.25, 0.3) is 22.6 Å². The molecule has 7 nitrogen and oxygen atoms in total. The van der Waals surface area contributed by atoms with Gasteiger partial charge in [0.05, 0.1) is 13.4 Å². The molecule has 0 unspecified atom stereocenters. The first-order valence-corrected chi connectivity index (χ1v) is 10.2. The third-order valence-corrected chi connectivity index (χ3v) is 4.92. The molecular weight excluding hydrogens is 435 g/mol. The molecule has 1 N–H and O–H groups in total. The Bertz CT molecular complexity index is 1250. The summed E-state index contributed by atoms with van der Waals surface area (Å²) in [5.41, 5.74) is 2.54. The first kappa shape index (κ1) is 22.4. The SMILES string of the molecule is COc1ccc(CNc2nc(-c3cccc(OC(F)(F)F)c3)nc3c2ncn3C(C)C)cc1.